The number of urea groups is 1. The highest BCUT2D eigenvalue weighted by Crippen LogP contribution is 2.24. The van der Waals surface area contributed by atoms with Crippen LogP contribution in [0.1, 0.15) is 38.8 Å². The molecular formula is C22H27N3O3. The van der Waals surface area contributed by atoms with Gasteiger partial charge in [-0.05, 0) is 36.6 Å². The first-order valence-corrected chi connectivity index (χ1v) is 9.73. The van der Waals surface area contributed by atoms with Gasteiger partial charge in [0.15, 0.2) is 0 Å². The molecule has 2 atom stereocenters. The normalized spacial score (nSPS) is 17.8. The first-order chi connectivity index (χ1) is 13.5. The summed E-state index contributed by atoms with van der Waals surface area (Å²) < 4.78 is 5.21. The van der Waals surface area contributed by atoms with E-state index in [-0.39, 0.29) is 18.1 Å². The molecule has 0 saturated carbocycles. The molecule has 148 valence electrons. The van der Waals surface area contributed by atoms with Crippen LogP contribution >= 0.6 is 0 Å². The van der Waals surface area contributed by atoms with Crippen molar-refractivity contribution in [1.82, 2.24) is 16.0 Å². The maximum Gasteiger partial charge on any atom is 0.337 e. The highest BCUT2D eigenvalue weighted by atomic mass is 16.5. The van der Waals surface area contributed by atoms with Crippen LogP contribution < -0.4 is 16.0 Å². The van der Waals surface area contributed by atoms with Gasteiger partial charge in [-0.2, -0.15) is 0 Å². The first-order valence-electron chi connectivity index (χ1n) is 9.73. The highest BCUT2D eigenvalue weighted by molar-refractivity contribution is 5.94. The van der Waals surface area contributed by atoms with Crippen molar-refractivity contribution in [2.24, 2.45) is 0 Å². The van der Waals surface area contributed by atoms with Crippen molar-refractivity contribution >= 4 is 22.8 Å². The number of esters is 1. The van der Waals surface area contributed by atoms with E-state index in [2.05, 4.69) is 47.1 Å². The van der Waals surface area contributed by atoms with Gasteiger partial charge in [0.25, 0.3) is 0 Å². The molecule has 3 N–H and O–H groups in total. The Labute approximate surface area is 165 Å². The second kappa shape index (κ2) is 8.89. The SMILES string of the molecule is CCOC(=O)C1=C(CN[C@H](C)c2cccc3ccccc23)NC(=O)N[C@@H]1CC. The molecule has 0 spiro atoms. The van der Waals surface area contributed by atoms with Crippen molar-refractivity contribution in [2.45, 2.75) is 39.3 Å². The van der Waals surface area contributed by atoms with E-state index in [1.165, 1.54) is 16.3 Å². The van der Waals surface area contributed by atoms with Crippen LogP contribution in [0.5, 0.6) is 0 Å². The molecule has 2 aromatic rings. The van der Waals surface area contributed by atoms with Crippen molar-refractivity contribution in [3.05, 3.63) is 59.3 Å². The Bertz CT molecular complexity index is 902. The molecule has 6 heteroatoms. The Morgan fingerprint density at radius 3 is 2.68 bits per heavy atom. The number of nitrogens with one attached hydrogen (secondary N) is 3. The minimum atomic E-state index is -0.392. The number of hydrogen-bond acceptors (Lipinski definition) is 4. The largest absolute Gasteiger partial charge is 0.463 e. The van der Waals surface area contributed by atoms with E-state index in [4.69, 9.17) is 4.74 Å². The van der Waals surface area contributed by atoms with Crippen molar-refractivity contribution in [3.8, 4) is 0 Å². The van der Waals surface area contributed by atoms with Crippen LogP contribution in [-0.2, 0) is 9.53 Å². The van der Waals surface area contributed by atoms with Crippen LogP contribution in [0.15, 0.2) is 53.7 Å². The summed E-state index contributed by atoms with van der Waals surface area (Å²) in [6.07, 6.45) is 0.615. The van der Waals surface area contributed by atoms with Crippen LogP contribution in [-0.4, -0.2) is 31.2 Å². The topological polar surface area (TPSA) is 79.5 Å². The molecule has 1 aliphatic heterocycles. The van der Waals surface area contributed by atoms with E-state index in [1.54, 1.807) is 6.92 Å². The number of fused-ring (bicyclic) bond motifs is 1. The lowest BCUT2D eigenvalue weighted by molar-refractivity contribution is -0.139. The van der Waals surface area contributed by atoms with Gasteiger partial charge in [0.2, 0.25) is 0 Å². The summed E-state index contributed by atoms with van der Waals surface area (Å²) in [5, 5.41) is 11.4. The summed E-state index contributed by atoms with van der Waals surface area (Å²) in [5.41, 5.74) is 2.23. The molecule has 3 rings (SSSR count). The van der Waals surface area contributed by atoms with Crippen LogP contribution in [0.3, 0.4) is 0 Å². The third kappa shape index (κ3) is 4.17. The number of carbonyl (C=O) groups is 2. The van der Waals surface area contributed by atoms with E-state index in [0.717, 1.165) is 0 Å². The first kappa shape index (κ1) is 19.9. The molecule has 1 heterocycles. The minimum absolute atomic E-state index is 0.0360. The Morgan fingerprint density at radius 2 is 1.93 bits per heavy atom. The zero-order valence-electron chi connectivity index (χ0n) is 16.5. The molecule has 0 bridgehead atoms. The molecule has 0 radical (unpaired) electrons. The van der Waals surface area contributed by atoms with Crippen LogP contribution in [0, 0.1) is 0 Å². The minimum Gasteiger partial charge on any atom is -0.463 e. The fraction of sp³-hybridized carbons (Fsp3) is 0.364. The molecule has 0 aromatic heterocycles. The van der Waals surface area contributed by atoms with Gasteiger partial charge in [-0.3, -0.25) is 0 Å². The summed E-state index contributed by atoms with van der Waals surface area (Å²) in [7, 11) is 0. The number of hydrogen-bond donors (Lipinski definition) is 3. The van der Waals surface area contributed by atoms with Crippen molar-refractivity contribution < 1.29 is 14.3 Å². The molecule has 6 nitrogen and oxygen atoms in total. The predicted molar refractivity (Wildman–Crippen MR) is 110 cm³/mol. The summed E-state index contributed by atoms with van der Waals surface area (Å²) in [6, 6.07) is 13.9. The number of amides is 2. The summed E-state index contributed by atoms with van der Waals surface area (Å²) in [5.74, 6) is -0.392. The standard InChI is InChI=1S/C22H27N3O3/c1-4-18-20(21(26)28-5-2)19(25-22(27)24-18)13-23-14(3)16-12-8-10-15-9-6-7-11-17(15)16/h6-12,14,18,23H,4-5,13H2,1-3H3,(H2,24,25,27)/t14-,18-/m1/s1. The zero-order valence-corrected chi connectivity index (χ0v) is 16.5. The molecule has 1 aliphatic rings. The van der Waals surface area contributed by atoms with Gasteiger partial charge >= 0.3 is 12.0 Å². The number of benzene rings is 2. The van der Waals surface area contributed by atoms with E-state index in [1.807, 2.05) is 25.1 Å². The number of rotatable bonds is 7. The Hall–Kier alpha value is -2.86. The zero-order chi connectivity index (χ0) is 20.1. The number of carbonyl (C=O) groups excluding carboxylic acids is 2. The summed E-state index contributed by atoms with van der Waals surface area (Å²) in [4.78, 5) is 24.5. The Morgan fingerprint density at radius 1 is 1.18 bits per heavy atom. The van der Waals surface area contributed by atoms with Gasteiger partial charge in [0, 0.05) is 18.3 Å². The molecule has 2 aromatic carbocycles. The lowest BCUT2D eigenvalue weighted by Gasteiger charge is -2.29. The van der Waals surface area contributed by atoms with Crippen molar-refractivity contribution in [2.75, 3.05) is 13.2 Å². The molecule has 28 heavy (non-hydrogen) atoms. The van der Waals surface area contributed by atoms with Crippen LogP contribution in [0.25, 0.3) is 10.8 Å². The Kier molecular flexibility index (Phi) is 6.31. The second-order valence-corrected chi connectivity index (χ2v) is 6.84. The van der Waals surface area contributed by atoms with Gasteiger partial charge < -0.3 is 20.7 Å². The third-order valence-electron chi connectivity index (χ3n) is 5.02. The smallest absolute Gasteiger partial charge is 0.337 e. The molecule has 0 fully saturated rings. The molecule has 0 aliphatic carbocycles. The Balaban J connectivity index is 1.85. The van der Waals surface area contributed by atoms with Crippen molar-refractivity contribution in [3.63, 3.8) is 0 Å². The fourth-order valence-electron chi connectivity index (χ4n) is 3.59. The van der Waals surface area contributed by atoms with E-state index >= 15 is 0 Å². The molecule has 2 amide bonds. The maximum absolute atomic E-state index is 12.5. The van der Waals surface area contributed by atoms with Gasteiger partial charge in [-0.25, -0.2) is 9.59 Å². The van der Waals surface area contributed by atoms with Gasteiger partial charge in [-0.1, -0.05) is 49.4 Å². The predicted octanol–water partition coefficient (Wildman–Crippen LogP) is 3.40. The van der Waals surface area contributed by atoms with E-state index < -0.39 is 5.97 Å². The fourth-order valence-corrected chi connectivity index (χ4v) is 3.59. The lowest BCUT2D eigenvalue weighted by Crippen LogP contribution is -2.52. The molecular weight excluding hydrogens is 354 g/mol. The average Bonchev–Trinajstić information content (AvgIpc) is 2.71. The van der Waals surface area contributed by atoms with Crippen molar-refractivity contribution in [1.29, 1.82) is 0 Å². The van der Waals surface area contributed by atoms with Crippen LogP contribution in [0.2, 0.25) is 0 Å². The average molecular weight is 381 g/mol. The molecule has 0 saturated heterocycles. The summed E-state index contributed by atoms with van der Waals surface area (Å²) >= 11 is 0. The third-order valence-corrected chi connectivity index (χ3v) is 5.02. The van der Waals surface area contributed by atoms with E-state index in [9.17, 15) is 9.59 Å². The van der Waals surface area contributed by atoms with E-state index in [0.29, 0.717) is 30.8 Å². The van der Waals surface area contributed by atoms with Gasteiger partial charge in [-0.15, -0.1) is 0 Å². The highest BCUT2D eigenvalue weighted by Gasteiger charge is 2.31. The maximum atomic E-state index is 12.5. The monoisotopic (exact) mass is 381 g/mol. The lowest BCUT2D eigenvalue weighted by atomic mass is 9.98. The van der Waals surface area contributed by atoms with Gasteiger partial charge in [0.1, 0.15) is 0 Å². The van der Waals surface area contributed by atoms with Gasteiger partial charge in [0.05, 0.1) is 18.2 Å². The quantitative estimate of drug-likeness (QED) is 0.642. The number of ether oxygens (including phenoxy) is 1. The summed E-state index contributed by atoms with van der Waals surface area (Å²) in [6.45, 7) is 6.43. The second-order valence-electron chi connectivity index (χ2n) is 6.84. The molecule has 0 unspecified atom stereocenters. The van der Waals surface area contributed by atoms with Crippen LogP contribution in [0.4, 0.5) is 4.79 Å².